The Hall–Kier alpha value is -1.88. The Labute approximate surface area is 122 Å². The maximum Gasteiger partial charge on any atom is 0.266 e. The minimum Gasteiger partial charge on any atom is -0.397 e. The predicted molar refractivity (Wildman–Crippen MR) is 85.0 cm³/mol. The van der Waals surface area contributed by atoms with Crippen LogP contribution in [0.3, 0.4) is 0 Å². The Morgan fingerprint density at radius 1 is 1.55 bits per heavy atom. The van der Waals surface area contributed by atoms with Crippen molar-refractivity contribution in [2.24, 2.45) is 0 Å². The normalized spacial score (nSPS) is 11.6. The van der Waals surface area contributed by atoms with E-state index in [0.717, 1.165) is 10.2 Å². The molecule has 2 aromatic heterocycles. The number of nitrogen functional groups attached to an aromatic ring is 1. The van der Waals surface area contributed by atoms with Gasteiger partial charge in [0.2, 0.25) is 0 Å². The maximum atomic E-state index is 12.8. The van der Waals surface area contributed by atoms with Crippen LogP contribution in [0.25, 0.3) is 10.2 Å². The number of hydrogen-bond donors (Lipinski definition) is 1. The first-order valence-corrected chi connectivity index (χ1v) is 7.23. The average Bonchev–Trinajstić information content (AvgIpc) is 2.72. The molecule has 0 aliphatic rings. The second-order valence-corrected chi connectivity index (χ2v) is 6.58. The van der Waals surface area contributed by atoms with Crippen molar-refractivity contribution >= 4 is 33.1 Å². The van der Waals surface area contributed by atoms with Gasteiger partial charge in [-0.2, -0.15) is 0 Å². The molecule has 0 atom stereocenters. The predicted octanol–water partition coefficient (Wildman–Crippen LogP) is 3.31. The average molecular weight is 289 g/mol. The first-order valence-electron chi connectivity index (χ1n) is 6.42. The molecule has 2 rings (SSSR count). The standard InChI is InChI=1S/C15H19N3OS/c1-5-9-18(15(2,3)4)14(19)12-11(16)10-7-6-8-17-13(10)20-12/h5-8H,1,9,16H2,2-4H3. The van der Waals surface area contributed by atoms with Gasteiger partial charge in [0.25, 0.3) is 5.91 Å². The highest BCUT2D eigenvalue weighted by atomic mass is 32.1. The molecule has 0 unspecified atom stereocenters. The smallest absolute Gasteiger partial charge is 0.266 e. The van der Waals surface area contributed by atoms with Gasteiger partial charge >= 0.3 is 0 Å². The Morgan fingerprint density at radius 2 is 2.25 bits per heavy atom. The van der Waals surface area contributed by atoms with Gasteiger partial charge in [0.1, 0.15) is 9.71 Å². The summed E-state index contributed by atoms with van der Waals surface area (Å²) in [4.78, 5) is 20.1. The van der Waals surface area contributed by atoms with Gasteiger partial charge in [0.15, 0.2) is 0 Å². The number of aromatic nitrogens is 1. The molecule has 2 aromatic rings. The highest BCUT2D eigenvalue weighted by Crippen LogP contribution is 2.34. The molecule has 5 heteroatoms. The number of carbonyl (C=O) groups is 1. The van der Waals surface area contributed by atoms with E-state index in [0.29, 0.717) is 17.1 Å². The van der Waals surface area contributed by atoms with E-state index in [9.17, 15) is 4.79 Å². The molecule has 0 fully saturated rings. The Kier molecular flexibility index (Phi) is 3.81. The zero-order valence-electron chi connectivity index (χ0n) is 12.0. The molecule has 0 radical (unpaired) electrons. The van der Waals surface area contributed by atoms with Crippen LogP contribution >= 0.6 is 11.3 Å². The van der Waals surface area contributed by atoms with E-state index in [1.807, 2.05) is 32.9 Å². The van der Waals surface area contributed by atoms with Crippen LogP contribution < -0.4 is 5.73 Å². The fraction of sp³-hybridized carbons (Fsp3) is 0.333. The van der Waals surface area contributed by atoms with Crippen LogP contribution in [0.15, 0.2) is 31.0 Å². The monoisotopic (exact) mass is 289 g/mol. The van der Waals surface area contributed by atoms with Gasteiger partial charge in [0.05, 0.1) is 5.69 Å². The number of thiophene rings is 1. The van der Waals surface area contributed by atoms with Crippen molar-refractivity contribution in [2.75, 3.05) is 12.3 Å². The topological polar surface area (TPSA) is 59.2 Å². The molecule has 0 aliphatic heterocycles. The lowest BCUT2D eigenvalue weighted by atomic mass is 10.1. The van der Waals surface area contributed by atoms with E-state index in [-0.39, 0.29) is 11.4 Å². The minimum absolute atomic E-state index is 0.0714. The van der Waals surface area contributed by atoms with Gasteiger partial charge in [0, 0.05) is 23.7 Å². The van der Waals surface area contributed by atoms with Crippen LogP contribution in [-0.2, 0) is 0 Å². The van der Waals surface area contributed by atoms with Crippen LogP contribution in [0.5, 0.6) is 0 Å². The number of fused-ring (bicyclic) bond motifs is 1. The van der Waals surface area contributed by atoms with E-state index in [1.54, 1.807) is 17.2 Å². The first kappa shape index (κ1) is 14.5. The van der Waals surface area contributed by atoms with E-state index < -0.39 is 0 Å². The third-order valence-corrected chi connectivity index (χ3v) is 4.18. The lowest BCUT2D eigenvalue weighted by Gasteiger charge is -2.34. The van der Waals surface area contributed by atoms with Gasteiger partial charge in [-0.25, -0.2) is 4.98 Å². The second kappa shape index (κ2) is 5.25. The molecule has 0 aliphatic carbocycles. The van der Waals surface area contributed by atoms with Crippen LogP contribution in [0.4, 0.5) is 5.69 Å². The molecular formula is C15H19N3OS. The lowest BCUT2D eigenvalue weighted by molar-refractivity contribution is 0.0623. The van der Waals surface area contributed by atoms with Crippen molar-refractivity contribution in [1.82, 2.24) is 9.88 Å². The molecule has 0 saturated heterocycles. The molecule has 2 heterocycles. The molecule has 0 bridgehead atoms. The summed E-state index contributed by atoms with van der Waals surface area (Å²) < 4.78 is 0. The van der Waals surface area contributed by atoms with Crippen molar-refractivity contribution in [3.8, 4) is 0 Å². The second-order valence-electron chi connectivity index (χ2n) is 5.58. The molecular weight excluding hydrogens is 270 g/mol. The third-order valence-electron chi connectivity index (χ3n) is 3.07. The zero-order chi connectivity index (χ0) is 14.9. The molecule has 20 heavy (non-hydrogen) atoms. The molecule has 0 saturated carbocycles. The molecule has 106 valence electrons. The fourth-order valence-corrected chi connectivity index (χ4v) is 3.04. The molecule has 1 amide bonds. The summed E-state index contributed by atoms with van der Waals surface area (Å²) in [6, 6.07) is 3.71. The number of amides is 1. The first-order chi connectivity index (χ1) is 9.36. The highest BCUT2D eigenvalue weighted by Gasteiger charge is 2.29. The van der Waals surface area contributed by atoms with Crippen molar-refractivity contribution < 1.29 is 4.79 Å². The summed E-state index contributed by atoms with van der Waals surface area (Å²) in [5.41, 5.74) is 6.34. The van der Waals surface area contributed by atoms with Crippen molar-refractivity contribution in [1.29, 1.82) is 0 Å². The summed E-state index contributed by atoms with van der Waals surface area (Å²) >= 11 is 1.34. The van der Waals surface area contributed by atoms with Gasteiger partial charge < -0.3 is 10.6 Å². The third kappa shape index (κ3) is 2.54. The fourth-order valence-electron chi connectivity index (χ4n) is 2.02. The summed E-state index contributed by atoms with van der Waals surface area (Å²) in [6.45, 7) is 10.2. The number of carbonyl (C=O) groups excluding carboxylic acids is 1. The number of hydrogen-bond acceptors (Lipinski definition) is 4. The van der Waals surface area contributed by atoms with Crippen LogP contribution in [0.1, 0.15) is 30.4 Å². The van der Waals surface area contributed by atoms with Gasteiger partial charge in [-0.15, -0.1) is 17.9 Å². The van der Waals surface area contributed by atoms with Crippen LogP contribution in [-0.4, -0.2) is 27.9 Å². The highest BCUT2D eigenvalue weighted by molar-refractivity contribution is 7.21. The molecule has 4 nitrogen and oxygen atoms in total. The summed E-state index contributed by atoms with van der Waals surface area (Å²) in [7, 11) is 0. The summed E-state index contributed by atoms with van der Waals surface area (Å²) in [5, 5.41) is 0.841. The van der Waals surface area contributed by atoms with Gasteiger partial charge in [-0.3, -0.25) is 4.79 Å². The number of anilines is 1. The largest absolute Gasteiger partial charge is 0.397 e. The van der Waals surface area contributed by atoms with Crippen molar-refractivity contribution in [3.63, 3.8) is 0 Å². The zero-order valence-corrected chi connectivity index (χ0v) is 12.8. The Bertz CT molecular complexity index is 655. The van der Waals surface area contributed by atoms with E-state index in [4.69, 9.17) is 5.73 Å². The molecule has 2 N–H and O–H groups in total. The lowest BCUT2D eigenvalue weighted by Crippen LogP contribution is -2.45. The minimum atomic E-state index is -0.290. The summed E-state index contributed by atoms with van der Waals surface area (Å²) in [5.74, 6) is -0.0714. The number of nitrogens with zero attached hydrogens (tertiary/aromatic N) is 2. The van der Waals surface area contributed by atoms with Crippen LogP contribution in [0, 0.1) is 0 Å². The quantitative estimate of drug-likeness (QED) is 0.882. The van der Waals surface area contributed by atoms with Gasteiger partial charge in [-0.05, 0) is 32.9 Å². The van der Waals surface area contributed by atoms with Crippen LogP contribution in [0.2, 0.25) is 0 Å². The van der Waals surface area contributed by atoms with E-state index >= 15 is 0 Å². The van der Waals surface area contributed by atoms with Crippen molar-refractivity contribution in [3.05, 3.63) is 35.9 Å². The number of rotatable bonds is 3. The molecule has 0 spiro atoms. The van der Waals surface area contributed by atoms with Gasteiger partial charge in [-0.1, -0.05) is 6.08 Å². The number of nitrogens with two attached hydrogens (primary N) is 1. The SMILES string of the molecule is C=CCN(C(=O)c1sc2ncccc2c1N)C(C)(C)C. The van der Waals surface area contributed by atoms with E-state index in [1.165, 1.54) is 11.3 Å². The molecule has 0 aromatic carbocycles. The van der Waals surface area contributed by atoms with Crippen molar-refractivity contribution in [2.45, 2.75) is 26.3 Å². The maximum absolute atomic E-state index is 12.8. The Morgan fingerprint density at radius 3 is 2.80 bits per heavy atom. The van der Waals surface area contributed by atoms with E-state index in [2.05, 4.69) is 11.6 Å². The summed E-state index contributed by atoms with van der Waals surface area (Å²) in [6.07, 6.45) is 3.43. The Balaban J connectivity index is 2.49. The number of pyridine rings is 1.